The molecule has 0 saturated carbocycles. The zero-order valence-electron chi connectivity index (χ0n) is 8.10. The van der Waals surface area contributed by atoms with Crippen molar-refractivity contribution in [1.29, 1.82) is 0 Å². The molecular weight excluding hydrogens is 275 g/mol. The van der Waals surface area contributed by atoms with Crippen LogP contribution in [0.4, 0.5) is 18.9 Å². The molecule has 84 valence electrons. The van der Waals surface area contributed by atoms with Gasteiger partial charge < -0.3 is 9.64 Å². The van der Waals surface area contributed by atoms with Crippen molar-refractivity contribution >= 4 is 21.6 Å². The summed E-state index contributed by atoms with van der Waals surface area (Å²) in [4.78, 5) is 1.69. The van der Waals surface area contributed by atoms with Crippen molar-refractivity contribution in [1.82, 2.24) is 0 Å². The first kappa shape index (κ1) is 12.2. The standard InChI is InChI=1S/C9H9BrF3NO/c1-14(2)8-5-6(3-4-7(8)10)15-9(11,12)13/h3-5H,1-2H3. The van der Waals surface area contributed by atoms with Gasteiger partial charge in [-0.1, -0.05) is 0 Å². The average Bonchev–Trinajstić information content (AvgIpc) is 2.05. The van der Waals surface area contributed by atoms with Gasteiger partial charge in [0.1, 0.15) is 5.75 Å². The van der Waals surface area contributed by atoms with Gasteiger partial charge in [0.2, 0.25) is 0 Å². The van der Waals surface area contributed by atoms with Gasteiger partial charge in [-0.05, 0) is 28.1 Å². The Bertz CT molecular complexity index is 352. The molecule has 15 heavy (non-hydrogen) atoms. The third-order valence-electron chi connectivity index (χ3n) is 1.63. The Morgan fingerprint density at radius 3 is 2.33 bits per heavy atom. The highest BCUT2D eigenvalue weighted by molar-refractivity contribution is 9.10. The van der Waals surface area contributed by atoms with E-state index in [9.17, 15) is 13.2 Å². The molecular formula is C9H9BrF3NO. The highest BCUT2D eigenvalue weighted by Gasteiger charge is 2.31. The number of nitrogens with zero attached hydrogens (tertiary/aromatic N) is 1. The molecule has 1 aromatic rings. The zero-order valence-corrected chi connectivity index (χ0v) is 9.69. The summed E-state index contributed by atoms with van der Waals surface area (Å²) in [5.41, 5.74) is 0.622. The first-order chi connectivity index (χ1) is 6.79. The fourth-order valence-corrected chi connectivity index (χ4v) is 1.63. The minimum Gasteiger partial charge on any atom is -0.406 e. The van der Waals surface area contributed by atoms with Crippen molar-refractivity contribution in [3.05, 3.63) is 22.7 Å². The second kappa shape index (κ2) is 4.30. The van der Waals surface area contributed by atoms with Crippen LogP contribution < -0.4 is 9.64 Å². The molecule has 1 rings (SSSR count). The van der Waals surface area contributed by atoms with Crippen LogP contribution in [0.3, 0.4) is 0 Å². The lowest BCUT2D eigenvalue weighted by Gasteiger charge is -2.16. The van der Waals surface area contributed by atoms with Gasteiger partial charge in [0, 0.05) is 24.6 Å². The van der Waals surface area contributed by atoms with Gasteiger partial charge in [-0.2, -0.15) is 0 Å². The van der Waals surface area contributed by atoms with E-state index in [4.69, 9.17) is 0 Å². The maximum absolute atomic E-state index is 11.9. The number of alkyl halides is 3. The number of benzene rings is 1. The Morgan fingerprint density at radius 1 is 1.27 bits per heavy atom. The van der Waals surface area contributed by atoms with E-state index in [1.807, 2.05) is 0 Å². The van der Waals surface area contributed by atoms with E-state index in [0.29, 0.717) is 10.2 Å². The molecule has 0 radical (unpaired) electrons. The van der Waals surface area contributed by atoms with Crippen molar-refractivity contribution in [3.8, 4) is 5.75 Å². The van der Waals surface area contributed by atoms with Crippen LogP contribution in [0.15, 0.2) is 22.7 Å². The van der Waals surface area contributed by atoms with Gasteiger partial charge in [0.05, 0.1) is 5.69 Å². The van der Waals surface area contributed by atoms with Crippen molar-refractivity contribution in [2.75, 3.05) is 19.0 Å². The molecule has 0 N–H and O–H groups in total. The Kier molecular flexibility index (Phi) is 3.49. The molecule has 0 atom stereocenters. The van der Waals surface area contributed by atoms with Gasteiger partial charge in [-0.3, -0.25) is 0 Å². The monoisotopic (exact) mass is 283 g/mol. The van der Waals surface area contributed by atoms with Crippen LogP contribution in [0.25, 0.3) is 0 Å². The van der Waals surface area contributed by atoms with Crippen molar-refractivity contribution in [2.24, 2.45) is 0 Å². The van der Waals surface area contributed by atoms with Gasteiger partial charge in [-0.15, -0.1) is 13.2 Å². The zero-order chi connectivity index (χ0) is 11.6. The van der Waals surface area contributed by atoms with Crippen LogP contribution in [0.1, 0.15) is 0 Å². The molecule has 0 amide bonds. The maximum Gasteiger partial charge on any atom is 0.573 e. The van der Waals surface area contributed by atoms with E-state index < -0.39 is 6.36 Å². The average molecular weight is 284 g/mol. The quantitative estimate of drug-likeness (QED) is 0.825. The minimum absolute atomic E-state index is 0.227. The van der Waals surface area contributed by atoms with Crippen LogP contribution in [0.5, 0.6) is 5.75 Å². The van der Waals surface area contributed by atoms with Crippen LogP contribution in [0, 0.1) is 0 Å². The Hall–Kier alpha value is -0.910. The number of anilines is 1. The molecule has 0 bridgehead atoms. The normalized spacial score (nSPS) is 11.3. The topological polar surface area (TPSA) is 12.5 Å². The molecule has 6 heteroatoms. The van der Waals surface area contributed by atoms with Gasteiger partial charge in [-0.25, -0.2) is 0 Å². The summed E-state index contributed by atoms with van der Waals surface area (Å²) in [6.07, 6.45) is -4.66. The number of hydrogen-bond donors (Lipinski definition) is 0. The molecule has 0 aromatic heterocycles. The Labute approximate surface area is 93.8 Å². The fourth-order valence-electron chi connectivity index (χ4n) is 1.03. The molecule has 0 heterocycles. The summed E-state index contributed by atoms with van der Waals surface area (Å²) >= 11 is 3.23. The van der Waals surface area contributed by atoms with E-state index in [2.05, 4.69) is 20.7 Å². The van der Waals surface area contributed by atoms with E-state index in [1.165, 1.54) is 18.2 Å². The van der Waals surface area contributed by atoms with E-state index in [-0.39, 0.29) is 5.75 Å². The summed E-state index contributed by atoms with van der Waals surface area (Å²) in [5.74, 6) is -0.227. The molecule has 0 fully saturated rings. The fraction of sp³-hybridized carbons (Fsp3) is 0.333. The van der Waals surface area contributed by atoms with Gasteiger partial charge in [0.25, 0.3) is 0 Å². The summed E-state index contributed by atoms with van der Waals surface area (Å²) in [6.45, 7) is 0. The van der Waals surface area contributed by atoms with E-state index >= 15 is 0 Å². The van der Waals surface area contributed by atoms with Crippen LogP contribution >= 0.6 is 15.9 Å². The summed E-state index contributed by atoms with van der Waals surface area (Å²) in [5, 5.41) is 0. The van der Waals surface area contributed by atoms with Crippen LogP contribution in [-0.2, 0) is 0 Å². The molecule has 0 aliphatic rings. The van der Waals surface area contributed by atoms with Gasteiger partial charge >= 0.3 is 6.36 Å². The Morgan fingerprint density at radius 2 is 1.87 bits per heavy atom. The second-order valence-corrected chi connectivity index (χ2v) is 3.91. The Balaban J connectivity index is 2.98. The third kappa shape index (κ3) is 3.62. The van der Waals surface area contributed by atoms with E-state index in [0.717, 1.165) is 0 Å². The molecule has 0 aliphatic carbocycles. The lowest BCUT2D eigenvalue weighted by atomic mass is 10.3. The first-order valence-electron chi connectivity index (χ1n) is 4.02. The maximum atomic E-state index is 11.9. The van der Waals surface area contributed by atoms with Gasteiger partial charge in [0.15, 0.2) is 0 Å². The highest BCUT2D eigenvalue weighted by Crippen LogP contribution is 2.31. The SMILES string of the molecule is CN(C)c1cc(OC(F)(F)F)ccc1Br. The number of ether oxygens (including phenoxy) is 1. The minimum atomic E-state index is -4.66. The smallest absolute Gasteiger partial charge is 0.406 e. The molecule has 2 nitrogen and oxygen atoms in total. The van der Waals surface area contributed by atoms with Crippen molar-refractivity contribution in [2.45, 2.75) is 6.36 Å². The third-order valence-corrected chi connectivity index (χ3v) is 2.30. The lowest BCUT2D eigenvalue weighted by molar-refractivity contribution is -0.274. The molecule has 1 aromatic carbocycles. The summed E-state index contributed by atoms with van der Waals surface area (Å²) in [7, 11) is 3.47. The second-order valence-electron chi connectivity index (χ2n) is 3.06. The molecule has 0 spiro atoms. The largest absolute Gasteiger partial charge is 0.573 e. The predicted molar refractivity (Wildman–Crippen MR) is 55.2 cm³/mol. The van der Waals surface area contributed by atoms with E-state index in [1.54, 1.807) is 19.0 Å². The number of halogens is 4. The number of rotatable bonds is 2. The van der Waals surface area contributed by atoms with Crippen molar-refractivity contribution in [3.63, 3.8) is 0 Å². The summed E-state index contributed by atoms with van der Waals surface area (Å²) < 4.78 is 40.3. The summed E-state index contributed by atoms with van der Waals surface area (Å²) in [6, 6.07) is 4.08. The molecule has 0 aliphatic heterocycles. The highest BCUT2D eigenvalue weighted by atomic mass is 79.9. The molecule has 0 saturated heterocycles. The van der Waals surface area contributed by atoms with Crippen LogP contribution in [-0.4, -0.2) is 20.5 Å². The van der Waals surface area contributed by atoms with Crippen LogP contribution in [0.2, 0.25) is 0 Å². The molecule has 0 unspecified atom stereocenters. The lowest BCUT2D eigenvalue weighted by Crippen LogP contribution is -2.17. The first-order valence-corrected chi connectivity index (χ1v) is 4.81. The predicted octanol–water partition coefficient (Wildman–Crippen LogP) is 3.41. The van der Waals surface area contributed by atoms with Crippen molar-refractivity contribution < 1.29 is 17.9 Å². The number of hydrogen-bond acceptors (Lipinski definition) is 2.